The standard InChI is InChI=1S/C34H18F6N2O9/c1-14-2-5-17(12-23(14)41-26(44)15-3-7-19-21(10-15)30(48)50-28(19)46)32(33(35,36)37,34(38,39)40)18-6-9-25(43)24(13-18)42-27(45)16-4-8-20-22(11-16)31(49)51-29(20)47/h2-13,43H,1H3,(H,41,44)(H,42,45). The first-order valence-electron chi connectivity index (χ1n) is 14.4. The molecule has 2 heterocycles. The number of ether oxygens (including phenoxy) is 2. The molecule has 4 aromatic carbocycles. The minimum absolute atomic E-state index is 0.0414. The van der Waals surface area contributed by atoms with E-state index in [-0.39, 0.29) is 45.0 Å². The van der Waals surface area contributed by atoms with Gasteiger partial charge in [0.2, 0.25) is 5.41 Å². The number of carbonyl (C=O) groups is 6. The zero-order valence-corrected chi connectivity index (χ0v) is 25.4. The molecule has 0 radical (unpaired) electrons. The Morgan fingerprint density at radius 1 is 0.569 bits per heavy atom. The quantitative estimate of drug-likeness (QED) is 0.0909. The first kappa shape index (κ1) is 34.3. The number of alkyl halides is 6. The van der Waals surface area contributed by atoms with Crippen LogP contribution in [0.4, 0.5) is 37.7 Å². The number of carbonyl (C=O) groups excluding carboxylic acids is 6. The molecule has 0 saturated carbocycles. The number of aryl methyl sites for hydroxylation is 1. The lowest BCUT2D eigenvalue weighted by atomic mass is 9.72. The summed E-state index contributed by atoms with van der Waals surface area (Å²) in [5.74, 6) is -7.24. The third-order valence-electron chi connectivity index (χ3n) is 8.26. The van der Waals surface area contributed by atoms with Gasteiger partial charge >= 0.3 is 36.2 Å². The van der Waals surface area contributed by atoms with E-state index in [2.05, 4.69) is 14.8 Å². The molecule has 17 heteroatoms. The van der Waals surface area contributed by atoms with Crippen LogP contribution < -0.4 is 10.6 Å². The summed E-state index contributed by atoms with van der Waals surface area (Å²) in [5.41, 5.74) is -10.5. The molecule has 260 valence electrons. The molecule has 0 spiro atoms. The fraction of sp³-hybridized carbons (Fsp3) is 0.118. The number of phenolic OH excluding ortho intramolecular Hbond substituents is 1. The van der Waals surface area contributed by atoms with Crippen LogP contribution >= 0.6 is 0 Å². The van der Waals surface area contributed by atoms with Gasteiger partial charge in [0.05, 0.1) is 27.9 Å². The summed E-state index contributed by atoms with van der Waals surface area (Å²) in [7, 11) is 0. The molecule has 0 aromatic heterocycles. The van der Waals surface area contributed by atoms with E-state index >= 15 is 26.3 Å². The molecular formula is C34H18F6N2O9. The number of halogens is 6. The van der Waals surface area contributed by atoms with E-state index < -0.39 is 81.7 Å². The first-order chi connectivity index (χ1) is 23.8. The number of cyclic esters (lactones) is 4. The highest BCUT2D eigenvalue weighted by Gasteiger charge is 2.72. The number of hydrogen-bond acceptors (Lipinski definition) is 9. The lowest BCUT2D eigenvalue weighted by molar-refractivity contribution is -0.288. The van der Waals surface area contributed by atoms with E-state index in [1.54, 1.807) is 0 Å². The predicted molar refractivity (Wildman–Crippen MR) is 160 cm³/mol. The van der Waals surface area contributed by atoms with Gasteiger partial charge in [0.25, 0.3) is 11.8 Å². The summed E-state index contributed by atoms with van der Waals surface area (Å²) in [6.07, 6.45) is -12.3. The van der Waals surface area contributed by atoms with Crippen molar-refractivity contribution in [2.45, 2.75) is 24.7 Å². The van der Waals surface area contributed by atoms with E-state index in [4.69, 9.17) is 0 Å². The second kappa shape index (κ2) is 11.8. The van der Waals surface area contributed by atoms with Crippen molar-refractivity contribution in [3.8, 4) is 5.75 Å². The third-order valence-corrected chi connectivity index (χ3v) is 8.26. The van der Waals surface area contributed by atoms with Crippen molar-refractivity contribution < 1.29 is 69.7 Å². The number of fused-ring (bicyclic) bond motifs is 2. The molecule has 51 heavy (non-hydrogen) atoms. The molecule has 0 atom stereocenters. The Bertz CT molecular complexity index is 2090. The van der Waals surface area contributed by atoms with Crippen LogP contribution in [0, 0.1) is 6.92 Å². The van der Waals surface area contributed by atoms with Crippen LogP contribution in [-0.2, 0) is 14.9 Å². The molecule has 11 nitrogen and oxygen atoms in total. The second-order valence-electron chi connectivity index (χ2n) is 11.3. The van der Waals surface area contributed by atoms with Crippen molar-refractivity contribution in [1.29, 1.82) is 0 Å². The van der Waals surface area contributed by atoms with Crippen LogP contribution in [0.15, 0.2) is 72.8 Å². The molecule has 2 aliphatic rings. The van der Waals surface area contributed by atoms with Gasteiger partial charge in [0.1, 0.15) is 5.75 Å². The average molecular weight is 713 g/mol. The normalized spacial score (nSPS) is 14.1. The lowest BCUT2D eigenvalue weighted by Gasteiger charge is -2.38. The minimum Gasteiger partial charge on any atom is -0.506 e. The molecule has 2 amide bonds. The zero-order valence-electron chi connectivity index (χ0n) is 25.4. The molecule has 6 rings (SSSR count). The van der Waals surface area contributed by atoms with Gasteiger partial charge in [0.15, 0.2) is 0 Å². The molecule has 0 aliphatic carbocycles. The molecule has 4 aromatic rings. The first-order valence-corrected chi connectivity index (χ1v) is 14.4. The van der Waals surface area contributed by atoms with Crippen molar-refractivity contribution in [3.63, 3.8) is 0 Å². The fourth-order valence-corrected chi connectivity index (χ4v) is 5.68. The molecule has 3 N–H and O–H groups in total. The number of anilines is 2. The number of amides is 2. The van der Waals surface area contributed by atoms with Crippen LogP contribution in [0.1, 0.15) is 78.8 Å². The van der Waals surface area contributed by atoms with E-state index in [0.29, 0.717) is 24.3 Å². The van der Waals surface area contributed by atoms with Gasteiger partial charge in [-0.1, -0.05) is 18.2 Å². The summed E-state index contributed by atoms with van der Waals surface area (Å²) in [6, 6.07) is 9.28. The topological polar surface area (TPSA) is 165 Å². The van der Waals surface area contributed by atoms with Gasteiger partial charge < -0.3 is 25.2 Å². The van der Waals surface area contributed by atoms with Crippen LogP contribution in [-0.4, -0.2) is 53.2 Å². The summed E-state index contributed by atoms with van der Waals surface area (Å²) in [6.45, 7) is 1.30. The van der Waals surface area contributed by atoms with Crippen molar-refractivity contribution in [3.05, 3.63) is 123 Å². The Kier molecular flexibility index (Phi) is 7.96. The zero-order chi connectivity index (χ0) is 37.2. The van der Waals surface area contributed by atoms with E-state index in [9.17, 15) is 33.9 Å². The molecule has 2 aliphatic heterocycles. The van der Waals surface area contributed by atoms with Crippen molar-refractivity contribution in [2.24, 2.45) is 0 Å². The molecule has 0 saturated heterocycles. The van der Waals surface area contributed by atoms with Gasteiger partial charge in [-0.05, 0) is 78.2 Å². The Labute approximate surface area is 280 Å². The number of phenols is 1. The van der Waals surface area contributed by atoms with Gasteiger partial charge in [-0.25, -0.2) is 19.2 Å². The number of esters is 4. The van der Waals surface area contributed by atoms with Crippen molar-refractivity contribution in [2.75, 3.05) is 10.6 Å². The molecule has 0 fully saturated rings. The van der Waals surface area contributed by atoms with Gasteiger partial charge in [-0.3, -0.25) is 9.59 Å². The Balaban J connectivity index is 1.40. The maximum Gasteiger partial charge on any atom is 0.411 e. The summed E-state index contributed by atoms with van der Waals surface area (Å²) in [4.78, 5) is 73.3. The van der Waals surface area contributed by atoms with E-state index in [1.807, 2.05) is 5.32 Å². The summed E-state index contributed by atoms with van der Waals surface area (Å²) < 4.78 is 99.2. The Hall–Kier alpha value is -6.52. The second-order valence-corrected chi connectivity index (χ2v) is 11.3. The van der Waals surface area contributed by atoms with Gasteiger partial charge in [-0.15, -0.1) is 0 Å². The van der Waals surface area contributed by atoms with Crippen molar-refractivity contribution >= 4 is 47.1 Å². The SMILES string of the molecule is Cc1ccc(C(c2ccc(O)c(NC(=O)c3ccc4c(c3)C(=O)OC4=O)c2)(C(F)(F)F)C(F)(F)F)cc1NC(=O)c1ccc2c(c1)C(=O)OC2=O. The van der Waals surface area contributed by atoms with E-state index in [1.165, 1.54) is 6.92 Å². The van der Waals surface area contributed by atoms with E-state index in [0.717, 1.165) is 42.5 Å². The summed E-state index contributed by atoms with van der Waals surface area (Å²) in [5, 5.41) is 14.7. The minimum atomic E-state index is -6.13. The largest absolute Gasteiger partial charge is 0.506 e. The maximum atomic E-state index is 15.1. The smallest absolute Gasteiger partial charge is 0.411 e. The average Bonchev–Trinajstić information content (AvgIpc) is 3.50. The third kappa shape index (κ3) is 5.61. The fourth-order valence-electron chi connectivity index (χ4n) is 5.68. The van der Waals surface area contributed by atoms with Crippen LogP contribution in [0.5, 0.6) is 5.75 Å². The Morgan fingerprint density at radius 2 is 0.980 bits per heavy atom. The summed E-state index contributed by atoms with van der Waals surface area (Å²) >= 11 is 0. The van der Waals surface area contributed by atoms with Gasteiger partial charge in [-0.2, -0.15) is 26.3 Å². The highest BCUT2D eigenvalue weighted by molar-refractivity contribution is 6.17. The van der Waals surface area contributed by atoms with Crippen molar-refractivity contribution in [1.82, 2.24) is 0 Å². The monoisotopic (exact) mass is 712 g/mol. The molecule has 0 unspecified atom stereocenters. The van der Waals surface area contributed by atoms with Crippen LogP contribution in [0.3, 0.4) is 0 Å². The maximum absolute atomic E-state index is 15.1. The van der Waals surface area contributed by atoms with Crippen LogP contribution in [0.25, 0.3) is 0 Å². The number of benzene rings is 4. The Morgan fingerprint density at radius 3 is 1.45 bits per heavy atom. The van der Waals surface area contributed by atoms with Crippen LogP contribution in [0.2, 0.25) is 0 Å². The predicted octanol–water partition coefficient (Wildman–Crippen LogP) is 6.24. The number of hydrogen-bond donors (Lipinski definition) is 3. The lowest BCUT2D eigenvalue weighted by Crippen LogP contribution is -2.54. The number of rotatable bonds is 6. The molecular weight excluding hydrogens is 694 g/mol. The highest BCUT2D eigenvalue weighted by Crippen LogP contribution is 2.57. The molecule has 0 bridgehead atoms. The number of aromatic hydroxyl groups is 1. The van der Waals surface area contributed by atoms with Gasteiger partial charge in [0, 0.05) is 16.8 Å². The highest BCUT2D eigenvalue weighted by atomic mass is 19.4. The number of nitrogens with one attached hydrogen (secondary N) is 2.